The van der Waals surface area contributed by atoms with Crippen LogP contribution >= 0.6 is 12.0 Å². The third-order valence-electron chi connectivity index (χ3n) is 4.00. The zero-order chi connectivity index (χ0) is 18.7. The van der Waals surface area contributed by atoms with Crippen molar-refractivity contribution < 1.29 is 22.4 Å². The summed E-state index contributed by atoms with van der Waals surface area (Å²) in [5, 5.41) is 5.30. The van der Waals surface area contributed by atoms with E-state index in [2.05, 4.69) is 9.99 Å². The molecule has 1 unspecified atom stereocenters. The Kier molecular flexibility index (Phi) is 5.55. The minimum absolute atomic E-state index is 0.196. The fourth-order valence-electron chi connectivity index (χ4n) is 2.70. The van der Waals surface area contributed by atoms with E-state index in [1.807, 2.05) is 19.1 Å². The summed E-state index contributed by atoms with van der Waals surface area (Å²) in [4.78, 5) is 5.31. The second-order valence-electron chi connectivity index (χ2n) is 5.83. The highest BCUT2D eigenvalue weighted by Crippen LogP contribution is 2.39. The van der Waals surface area contributed by atoms with Crippen molar-refractivity contribution in [3.05, 3.63) is 59.7 Å². The fraction of sp³-hybridized carbons (Fsp3) is 0.278. The lowest BCUT2D eigenvalue weighted by Gasteiger charge is -2.24. The minimum Gasteiger partial charge on any atom is -0.257 e. The van der Waals surface area contributed by atoms with Gasteiger partial charge in [-0.3, -0.25) is 5.01 Å². The summed E-state index contributed by atoms with van der Waals surface area (Å²) in [5.74, 6) is 0. The summed E-state index contributed by atoms with van der Waals surface area (Å²) in [6.45, 7) is 1.92. The molecule has 26 heavy (non-hydrogen) atoms. The summed E-state index contributed by atoms with van der Waals surface area (Å²) in [6.07, 6.45) is -4.64. The van der Waals surface area contributed by atoms with Crippen LogP contribution in [0.25, 0.3) is 0 Å². The van der Waals surface area contributed by atoms with Gasteiger partial charge in [0.25, 0.3) is 0 Å². The van der Waals surface area contributed by atoms with Crippen molar-refractivity contribution in [3.8, 4) is 0 Å². The molecule has 2 aromatic carbocycles. The van der Waals surface area contributed by atoms with E-state index in [0.29, 0.717) is 5.69 Å². The van der Waals surface area contributed by atoms with Crippen LogP contribution < -0.4 is 5.01 Å². The predicted octanol–water partition coefficient (Wildman–Crippen LogP) is 5.45. The van der Waals surface area contributed by atoms with Crippen LogP contribution in [-0.4, -0.2) is 19.0 Å². The van der Waals surface area contributed by atoms with Crippen molar-refractivity contribution >= 4 is 23.4 Å². The number of aryl methyl sites for hydroxylation is 1. The van der Waals surface area contributed by atoms with Gasteiger partial charge in [0.15, 0.2) is 0 Å². The second-order valence-corrected chi connectivity index (χ2v) is 6.61. The van der Waals surface area contributed by atoms with Crippen molar-refractivity contribution in [1.82, 2.24) is 0 Å². The van der Waals surface area contributed by atoms with Gasteiger partial charge in [-0.25, -0.2) is 4.89 Å². The van der Waals surface area contributed by atoms with Crippen LogP contribution in [0.2, 0.25) is 0 Å². The van der Waals surface area contributed by atoms with Gasteiger partial charge in [0.2, 0.25) is 0 Å². The Morgan fingerprint density at radius 3 is 2.31 bits per heavy atom. The molecule has 1 heterocycles. The number of hydrogen-bond donors (Lipinski definition) is 0. The van der Waals surface area contributed by atoms with E-state index in [0.717, 1.165) is 28.1 Å². The molecule has 0 amide bonds. The van der Waals surface area contributed by atoms with Gasteiger partial charge < -0.3 is 0 Å². The molecular weight excluding hydrogens is 365 g/mol. The molecule has 0 spiro atoms. The molecule has 3 rings (SSSR count). The molecule has 0 aromatic heterocycles. The molecule has 0 saturated carbocycles. The zero-order valence-corrected chi connectivity index (χ0v) is 15.0. The van der Waals surface area contributed by atoms with Gasteiger partial charge in [0.1, 0.15) is 5.71 Å². The molecule has 4 nitrogen and oxygen atoms in total. The molecule has 0 fully saturated rings. The lowest BCUT2D eigenvalue weighted by Crippen LogP contribution is -2.21. The highest BCUT2D eigenvalue weighted by Gasteiger charge is 2.43. The summed E-state index contributed by atoms with van der Waals surface area (Å²) < 4.78 is 44.4. The molecule has 8 heteroatoms. The lowest BCUT2D eigenvalue weighted by molar-refractivity contribution is -0.160. The van der Waals surface area contributed by atoms with Crippen LogP contribution in [-0.2, 0) is 9.22 Å². The molecule has 1 aliphatic rings. The van der Waals surface area contributed by atoms with E-state index in [9.17, 15) is 13.2 Å². The average molecular weight is 382 g/mol. The first-order valence-corrected chi connectivity index (χ1v) is 8.60. The Labute approximate surface area is 153 Å². The Bertz CT molecular complexity index is 777. The first-order valence-electron chi connectivity index (χ1n) is 7.86. The van der Waals surface area contributed by atoms with Crippen LogP contribution in [0.5, 0.6) is 0 Å². The quantitative estimate of drug-likeness (QED) is 0.391. The van der Waals surface area contributed by atoms with Crippen molar-refractivity contribution in [2.24, 2.45) is 5.10 Å². The van der Waals surface area contributed by atoms with Gasteiger partial charge in [-0.1, -0.05) is 29.8 Å². The van der Waals surface area contributed by atoms with E-state index in [1.54, 1.807) is 36.4 Å². The monoisotopic (exact) mass is 382 g/mol. The maximum atomic E-state index is 13.2. The highest BCUT2D eigenvalue weighted by molar-refractivity contribution is 7.94. The Morgan fingerprint density at radius 2 is 1.73 bits per heavy atom. The van der Waals surface area contributed by atoms with Crippen molar-refractivity contribution in [3.63, 3.8) is 0 Å². The maximum Gasteiger partial charge on any atom is 0.431 e. The molecule has 0 N–H and O–H groups in total. The van der Waals surface area contributed by atoms with E-state index >= 15 is 0 Å². The summed E-state index contributed by atoms with van der Waals surface area (Å²) in [7, 11) is 1.40. The SMILES string of the molecule is COOSc1ccc(C2CC(C(F)(F)F)=NN2c2ccc(C)cc2)cc1. The molecule has 2 aromatic rings. The number of anilines is 1. The van der Waals surface area contributed by atoms with Crippen molar-refractivity contribution in [2.75, 3.05) is 12.1 Å². The third-order valence-corrected chi connectivity index (χ3v) is 4.67. The third kappa shape index (κ3) is 4.20. The number of nitrogens with zero attached hydrogens (tertiary/aromatic N) is 2. The number of benzene rings is 2. The van der Waals surface area contributed by atoms with Crippen LogP contribution in [0.1, 0.15) is 23.6 Å². The predicted molar refractivity (Wildman–Crippen MR) is 94.9 cm³/mol. The standard InChI is InChI=1S/C18H17F3N2O2S/c1-12-3-7-14(8-4-12)23-16(11-17(22-23)18(19,20)21)13-5-9-15(10-6-13)26-25-24-2/h3-10,16H,11H2,1-2H3. The average Bonchev–Trinajstić information content (AvgIpc) is 3.07. The van der Waals surface area contributed by atoms with Gasteiger partial charge in [-0.05, 0) is 36.8 Å². The van der Waals surface area contributed by atoms with E-state index in [1.165, 1.54) is 12.1 Å². The molecule has 1 atom stereocenters. The summed E-state index contributed by atoms with van der Waals surface area (Å²) in [5.41, 5.74) is 1.63. The Morgan fingerprint density at radius 1 is 1.08 bits per heavy atom. The van der Waals surface area contributed by atoms with Crippen LogP contribution in [0.3, 0.4) is 0 Å². The van der Waals surface area contributed by atoms with Gasteiger partial charge in [0, 0.05) is 11.3 Å². The normalized spacial score (nSPS) is 17.5. The van der Waals surface area contributed by atoms with Gasteiger partial charge >= 0.3 is 6.18 Å². The van der Waals surface area contributed by atoms with E-state index in [-0.39, 0.29) is 6.42 Å². The first-order chi connectivity index (χ1) is 12.4. The molecule has 0 bridgehead atoms. The molecule has 138 valence electrons. The Hall–Kier alpha value is -2.03. The maximum absolute atomic E-state index is 13.2. The van der Waals surface area contributed by atoms with Crippen LogP contribution in [0.4, 0.5) is 18.9 Å². The Balaban J connectivity index is 1.90. The van der Waals surface area contributed by atoms with Crippen LogP contribution in [0.15, 0.2) is 58.5 Å². The van der Waals surface area contributed by atoms with E-state index in [4.69, 9.17) is 4.33 Å². The minimum atomic E-state index is -4.44. The highest BCUT2D eigenvalue weighted by atomic mass is 32.2. The number of hydrogen-bond acceptors (Lipinski definition) is 5. The molecule has 0 radical (unpaired) electrons. The number of rotatable bonds is 5. The largest absolute Gasteiger partial charge is 0.431 e. The van der Waals surface area contributed by atoms with Crippen molar-refractivity contribution in [2.45, 2.75) is 30.5 Å². The van der Waals surface area contributed by atoms with Crippen molar-refractivity contribution in [1.29, 1.82) is 0 Å². The van der Waals surface area contributed by atoms with Gasteiger partial charge in [0.05, 0.1) is 30.9 Å². The van der Waals surface area contributed by atoms with Gasteiger partial charge in [-0.2, -0.15) is 22.6 Å². The summed E-state index contributed by atoms with van der Waals surface area (Å²) >= 11 is 1.03. The lowest BCUT2D eigenvalue weighted by atomic mass is 10.0. The molecule has 1 aliphatic heterocycles. The van der Waals surface area contributed by atoms with Gasteiger partial charge in [-0.15, -0.1) is 0 Å². The number of halogens is 3. The smallest absolute Gasteiger partial charge is 0.257 e. The first kappa shape index (κ1) is 18.8. The zero-order valence-electron chi connectivity index (χ0n) is 14.2. The number of alkyl halides is 3. The van der Waals surface area contributed by atoms with Crippen LogP contribution in [0, 0.1) is 6.92 Å². The molecule has 0 aliphatic carbocycles. The fourth-order valence-corrected chi connectivity index (χ4v) is 3.09. The summed E-state index contributed by atoms with van der Waals surface area (Å²) in [6, 6.07) is 13.9. The number of hydrazone groups is 1. The topological polar surface area (TPSA) is 34.1 Å². The van der Waals surface area contributed by atoms with E-state index < -0.39 is 17.9 Å². The molecular formula is C18H17F3N2O2S. The second kappa shape index (κ2) is 7.69. The molecule has 0 saturated heterocycles.